The van der Waals surface area contributed by atoms with E-state index < -0.39 is 5.54 Å². The Morgan fingerprint density at radius 3 is 2.93 bits per heavy atom. The monoisotopic (exact) mass is 385 g/mol. The molecule has 1 unspecified atom stereocenters. The van der Waals surface area contributed by atoms with E-state index in [1.54, 1.807) is 30.7 Å². The third-order valence-electron chi connectivity index (χ3n) is 5.22. The fraction of sp³-hybridized carbons (Fsp3) is 0.368. The summed E-state index contributed by atoms with van der Waals surface area (Å²) in [7, 11) is 0. The zero-order valence-corrected chi connectivity index (χ0v) is 15.7. The molecule has 0 radical (unpaired) electrons. The molecule has 7 nitrogen and oxygen atoms in total. The van der Waals surface area contributed by atoms with Gasteiger partial charge in [-0.3, -0.25) is 29.9 Å². The van der Waals surface area contributed by atoms with Gasteiger partial charge >= 0.3 is 0 Å². The van der Waals surface area contributed by atoms with Gasteiger partial charge in [0.25, 0.3) is 5.91 Å². The van der Waals surface area contributed by atoms with Crippen LogP contribution in [0.4, 0.5) is 0 Å². The lowest BCUT2D eigenvalue weighted by Crippen LogP contribution is -2.53. The first kappa shape index (κ1) is 17.9. The maximum absolute atomic E-state index is 13.0. The largest absolute Gasteiger partial charge is 0.297 e. The highest BCUT2D eigenvalue weighted by Gasteiger charge is 2.52. The fourth-order valence-corrected chi connectivity index (χ4v) is 4.00. The number of likely N-dealkylation sites (tertiary alicyclic amines) is 1. The molecule has 2 amide bonds. The number of pyridine rings is 2. The molecule has 0 bridgehead atoms. The predicted molar refractivity (Wildman–Crippen MR) is 99.8 cm³/mol. The molecular formula is C19H20ClN5O2. The number of rotatable bonds is 3. The molecule has 0 saturated carbocycles. The highest BCUT2D eigenvalue weighted by Crippen LogP contribution is 2.36. The van der Waals surface area contributed by atoms with E-state index in [0.717, 1.165) is 24.2 Å². The Morgan fingerprint density at radius 2 is 2.19 bits per heavy atom. The van der Waals surface area contributed by atoms with E-state index in [2.05, 4.69) is 20.3 Å². The summed E-state index contributed by atoms with van der Waals surface area (Å²) in [5.41, 5.74) is 4.51. The van der Waals surface area contributed by atoms with Crippen LogP contribution in [0.25, 0.3) is 0 Å². The first-order valence-corrected chi connectivity index (χ1v) is 9.22. The molecule has 0 aromatic carbocycles. The molecule has 140 valence electrons. The first-order chi connectivity index (χ1) is 13.0. The van der Waals surface area contributed by atoms with Gasteiger partial charge in [0.2, 0.25) is 5.91 Å². The van der Waals surface area contributed by atoms with Gasteiger partial charge in [-0.25, -0.2) is 5.01 Å². The third-order valence-corrected chi connectivity index (χ3v) is 5.56. The molecule has 2 aromatic heterocycles. The summed E-state index contributed by atoms with van der Waals surface area (Å²) in [6.07, 6.45) is 5.93. The Labute approximate surface area is 162 Å². The van der Waals surface area contributed by atoms with Gasteiger partial charge in [0, 0.05) is 43.9 Å². The van der Waals surface area contributed by atoms with Gasteiger partial charge in [-0.15, -0.1) is 0 Å². The van der Waals surface area contributed by atoms with E-state index in [4.69, 9.17) is 11.6 Å². The molecule has 1 N–H and O–H groups in total. The van der Waals surface area contributed by atoms with Crippen LogP contribution in [0, 0.1) is 6.92 Å². The van der Waals surface area contributed by atoms with Crippen molar-refractivity contribution in [2.45, 2.75) is 31.8 Å². The number of hydrogen-bond acceptors (Lipinski definition) is 5. The molecule has 0 aliphatic carbocycles. The summed E-state index contributed by atoms with van der Waals surface area (Å²) < 4.78 is 0. The van der Waals surface area contributed by atoms with Gasteiger partial charge < -0.3 is 0 Å². The van der Waals surface area contributed by atoms with Crippen molar-refractivity contribution in [1.82, 2.24) is 25.3 Å². The van der Waals surface area contributed by atoms with Gasteiger partial charge in [-0.1, -0.05) is 11.6 Å². The molecule has 8 heteroatoms. The lowest BCUT2D eigenvalue weighted by Gasteiger charge is -2.33. The average molecular weight is 386 g/mol. The van der Waals surface area contributed by atoms with Crippen molar-refractivity contribution in [3.63, 3.8) is 0 Å². The highest BCUT2D eigenvalue weighted by atomic mass is 35.5. The second kappa shape index (κ2) is 6.90. The molecule has 2 aromatic rings. The Hall–Kier alpha value is -2.51. The number of carbonyl (C=O) groups is 2. The maximum atomic E-state index is 13.0. The summed E-state index contributed by atoms with van der Waals surface area (Å²) in [6, 6.07) is 5.43. The standard InChI is InChI=1S/C19H20ClN5O2/c1-13-2-3-14(9-22-13)18(27)25-19(8-17(26)23-25)5-7-24(12-19)11-15-4-6-21-10-16(15)20/h2-4,6,9-10H,5,7-8,11-12H2,1H3,(H,23,26). The van der Waals surface area contributed by atoms with Crippen molar-refractivity contribution in [1.29, 1.82) is 0 Å². The molecule has 27 heavy (non-hydrogen) atoms. The number of nitrogens with zero attached hydrogens (tertiary/aromatic N) is 4. The van der Waals surface area contributed by atoms with Crippen LogP contribution in [0.3, 0.4) is 0 Å². The van der Waals surface area contributed by atoms with Gasteiger partial charge in [-0.2, -0.15) is 0 Å². The third kappa shape index (κ3) is 3.40. The van der Waals surface area contributed by atoms with E-state index in [9.17, 15) is 9.59 Å². The maximum Gasteiger partial charge on any atom is 0.274 e. The van der Waals surface area contributed by atoms with Crippen molar-refractivity contribution in [3.8, 4) is 0 Å². The van der Waals surface area contributed by atoms with Gasteiger partial charge in [0.15, 0.2) is 0 Å². The topological polar surface area (TPSA) is 78.4 Å². The number of aryl methyl sites for hydroxylation is 1. The van der Waals surface area contributed by atoms with Crippen LogP contribution in [0.5, 0.6) is 0 Å². The summed E-state index contributed by atoms with van der Waals surface area (Å²) in [4.78, 5) is 35.6. The number of hydrogen-bond donors (Lipinski definition) is 1. The van der Waals surface area contributed by atoms with Gasteiger partial charge in [0.05, 0.1) is 22.5 Å². The Balaban J connectivity index is 1.54. The number of carbonyl (C=O) groups excluding carboxylic acids is 2. The number of nitrogens with one attached hydrogen (secondary N) is 1. The molecule has 2 fully saturated rings. The highest BCUT2D eigenvalue weighted by molar-refractivity contribution is 6.31. The van der Waals surface area contributed by atoms with Crippen molar-refractivity contribution in [3.05, 3.63) is 58.6 Å². The van der Waals surface area contributed by atoms with Crippen LogP contribution in [-0.2, 0) is 11.3 Å². The van der Waals surface area contributed by atoms with E-state index in [-0.39, 0.29) is 11.8 Å². The quantitative estimate of drug-likeness (QED) is 0.873. The van der Waals surface area contributed by atoms with Crippen LogP contribution < -0.4 is 5.43 Å². The minimum absolute atomic E-state index is 0.132. The van der Waals surface area contributed by atoms with Crippen LogP contribution in [0.2, 0.25) is 5.02 Å². The second-order valence-corrected chi connectivity index (χ2v) is 7.60. The van der Waals surface area contributed by atoms with Crippen LogP contribution in [0.15, 0.2) is 36.8 Å². The van der Waals surface area contributed by atoms with Crippen LogP contribution in [-0.4, -0.2) is 50.3 Å². The normalized spacial score (nSPS) is 22.4. The van der Waals surface area contributed by atoms with Crippen LogP contribution >= 0.6 is 11.6 Å². The Morgan fingerprint density at radius 1 is 1.33 bits per heavy atom. The summed E-state index contributed by atoms with van der Waals surface area (Å²) >= 11 is 6.22. The van der Waals surface area contributed by atoms with E-state index >= 15 is 0 Å². The summed E-state index contributed by atoms with van der Waals surface area (Å²) in [5, 5.41) is 2.13. The van der Waals surface area contributed by atoms with Crippen molar-refractivity contribution in [2.24, 2.45) is 0 Å². The summed E-state index contributed by atoms with van der Waals surface area (Å²) in [5.74, 6) is -0.357. The summed E-state index contributed by atoms with van der Waals surface area (Å²) in [6.45, 7) is 3.91. The molecular weight excluding hydrogens is 366 g/mol. The zero-order valence-electron chi connectivity index (χ0n) is 15.0. The van der Waals surface area contributed by atoms with Crippen LogP contribution in [0.1, 0.15) is 34.5 Å². The predicted octanol–water partition coefficient (Wildman–Crippen LogP) is 1.96. The lowest BCUT2D eigenvalue weighted by atomic mass is 9.94. The average Bonchev–Trinajstić information content (AvgIpc) is 3.20. The molecule has 2 saturated heterocycles. The van der Waals surface area contributed by atoms with E-state index in [0.29, 0.717) is 30.1 Å². The first-order valence-electron chi connectivity index (χ1n) is 8.84. The molecule has 1 atom stereocenters. The number of aromatic nitrogens is 2. The number of halogens is 1. The van der Waals surface area contributed by atoms with E-state index in [1.165, 1.54) is 5.01 Å². The lowest BCUT2D eigenvalue weighted by molar-refractivity contribution is -0.120. The number of amides is 2. The second-order valence-electron chi connectivity index (χ2n) is 7.19. The minimum Gasteiger partial charge on any atom is -0.297 e. The van der Waals surface area contributed by atoms with Crippen molar-refractivity contribution < 1.29 is 9.59 Å². The smallest absolute Gasteiger partial charge is 0.274 e. The zero-order chi connectivity index (χ0) is 19.0. The molecule has 4 rings (SSSR count). The molecule has 2 aliphatic heterocycles. The fourth-order valence-electron chi connectivity index (χ4n) is 3.83. The Kier molecular flexibility index (Phi) is 4.57. The SMILES string of the molecule is Cc1ccc(C(=O)N2NC(=O)CC23CCN(Cc2ccncc2Cl)C3)cn1. The minimum atomic E-state index is -0.543. The molecule has 2 aliphatic rings. The van der Waals surface area contributed by atoms with Crippen molar-refractivity contribution >= 4 is 23.4 Å². The molecule has 4 heterocycles. The van der Waals surface area contributed by atoms with Gasteiger partial charge in [-0.05, 0) is 37.1 Å². The van der Waals surface area contributed by atoms with Crippen molar-refractivity contribution in [2.75, 3.05) is 13.1 Å². The Bertz CT molecular complexity index is 888. The van der Waals surface area contributed by atoms with E-state index in [1.807, 2.05) is 13.0 Å². The molecule has 1 spiro atoms. The van der Waals surface area contributed by atoms with Gasteiger partial charge in [0.1, 0.15) is 0 Å². The number of hydrazine groups is 1.